The lowest BCUT2D eigenvalue weighted by Crippen LogP contribution is -2.06. The Morgan fingerprint density at radius 1 is 1.16 bits per heavy atom. The number of nitrogens with two attached hydrogens (primary N) is 1. The van der Waals surface area contributed by atoms with Gasteiger partial charge < -0.3 is 5.73 Å². The molecule has 1 aromatic carbocycles. The Bertz CT molecular complexity index is 724. The molecule has 0 aliphatic rings. The van der Waals surface area contributed by atoms with Gasteiger partial charge >= 0.3 is 0 Å². The standard InChI is InChI=1S/C14H15N5/c1-9(2)13-14(15)17-18-19(13)12-7-3-6-11-10(12)5-4-8-16-11/h3-9H,15H2,1-2H3. The normalized spacial score (nSPS) is 11.3. The zero-order valence-corrected chi connectivity index (χ0v) is 10.9. The number of pyridine rings is 1. The number of fused-ring (bicyclic) bond motifs is 1. The first kappa shape index (κ1) is 11.6. The molecule has 5 heteroatoms. The second-order valence-electron chi connectivity index (χ2n) is 4.77. The summed E-state index contributed by atoms with van der Waals surface area (Å²) in [6.45, 7) is 4.16. The van der Waals surface area contributed by atoms with Crippen LogP contribution in [0.4, 0.5) is 5.82 Å². The van der Waals surface area contributed by atoms with Gasteiger partial charge in [-0.05, 0) is 30.2 Å². The minimum Gasteiger partial charge on any atom is -0.381 e. The number of benzene rings is 1. The van der Waals surface area contributed by atoms with E-state index in [0.29, 0.717) is 5.82 Å². The summed E-state index contributed by atoms with van der Waals surface area (Å²) >= 11 is 0. The molecule has 0 amide bonds. The van der Waals surface area contributed by atoms with Crippen molar-refractivity contribution in [3.63, 3.8) is 0 Å². The van der Waals surface area contributed by atoms with E-state index in [2.05, 4.69) is 29.1 Å². The van der Waals surface area contributed by atoms with Crippen molar-refractivity contribution in [3.05, 3.63) is 42.2 Å². The van der Waals surface area contributed by atoms with E-state index >= 15 is 0 Å². The van der Waals surface area contributed by atoms with E-state index in [1.54, 1.807) is 6.20 Å². The summed E-state index contributed by atoms with van der Waals surface area (Å²) < 4.78 is 1.81. The van der Waals surface area contributed by atoms with Crippen molar-refractivity contribution >= 4 is 16.7 Å². The second kappa shape index (κ2) is 4.35. The van der Waals surface area contributed by atoms with Gasteiger partial charge in [0.2, 0.25) is 0 Å². The molecular formula is C14H15N5. The Morgan fingerprint density at radius 2 is 2.00 bits per heavy atom. The van der Waals surface area contributed by atoms with Gasteiger partial charge in [-0.25, -0.2) is 4.68 Å². The van der Waals surface area contributed by atoms with Crippen LogP contribution in [0.3, 0.4) is 0 Å². The molecule has 0 spiro atoms. The van der Waals surface area contributed by atoms with Crippen molar-refractivity contribution in [1.82, 2.24) is 20.0 Å². The number of anilines is 1. The smallest absolute Gasteiger partial charge is 0.169 e. The van der Waals surface area contributed by atoms with Crippen LogP contribution in [-0.4, -0.2) is 20.0 Å². The number of aromatic nitrogens is 4. The van der Waals surface area contributed by atoms with Crippen molar-refractivity contribution in [1.29, 1.82) is 0 Å². The molecule has 0 radical (unpaired) electrons. The highest BCUT2D eigenvalue weighted by molar-refractivity contribution is 5.87. The first-order valence-electron chi connectivity index (χ1n) is 6.23. The average Bonchev–Trinajstić information content (AvgIpc) is 2.80. The van der Waals surface area contributed by atoms with E-state index in [1.807, 2.05) is 35.0 Å². The third-order valence-corrected chi connectivity index (χ3v) is 3.13. The topological polar surface area (TPSA) is 69.6 Å². The minimum absolute atomic E-state index is 0.252. The predicted octanol–water partition coefficient (Wildman–Crippen LogP) is 2.52. The molecule has 2 N–H and O–H groups in total. The zero-order chi connectivity index (χ0) is 13.4. The van der Waals surface area contributed by atoms with Crippen LogP contribution in [0.15, 0.2) is 36.5 Å². The Balaban J connectivity index is 2.31. The number of hydrogen-bond acceptors (Lipinski definition) is 4. The van der Waals surface area contributed by atoms with E-state index in [9.17, 15) is 0 Å². The SMILES string of the molecule is CC(C)c1c(N)nnn1-c1cccc2ncccc12. The van der Waals surface area contributed by atoms with Gasteiger partial charge in [0, 0.05) is 11.6 Å². The molecule has 96 valence electrons. The van der Waals surface area contributed by atoms with Crippen molar-refractivity contribution < 1.29 is 0 Å². The van der Waals surface area contributed by atoms with Gasteiger partial charge in [0.05, 0.1) is 16.9 Å². The number of hydrogen-bond donors (Lipinski definition) is 1. The molecule has 0 fully saturated rings. The summed E-state index contributed by atoms with van der Waals surface area (Å²) in [4.78, 5) is 4.36. The summed E-state index contributed by atoms with van der Waals surface area (Å²) in [7, 11) is 0. The lowest BCUT2D eigenvalue weighted by atomic mass is 10.1. The zero-order valence-electron chi connectivity index (χ0n) is 10.9. The van der Waals surface area contributed by atoms with Crippen LogP contribution in [0.25, 0.3) is 16.6 Å². The van der Waals surface area contributed by atoms with Crippen LogP contribution in [0.2, 0.25) is 0 Å². The van der Waals surface area contributed by atoms with Crippen LogP contribution in [0.1, 0.15) is 25.5 Å². The average molecular weight is 253 g/mol. The maximum Gasteiger partial charge on any atom is 0.169 e. The molecule has 0 aliphatic heterocycles. The van der Waals surface area contributed by atoms with Crippen LogP contribution in [0, 0.1) is 0 Å². The van der Waals surface area contributed by atoms with Crippen LogP contribution in [0.5, 0.6) is 0 Å². The fraction of sp³-hybridized carbons (Fsp3) is 0.214. The molecule has 19 heavy (non-hydrogen) atoms. The highest BCUT2D eigenvalue weighted by Gasteiger charge is 2.16. The number of nitrogen functional groups attached to an aromatic ring is 1. The van der Waals surface area contributed by atoms with Crippen molar-refractivity contribution in [2.45, 2.75) is 19.8 Å². The molecule has 2 aromatic heterocycles. The largest absolute Gasteiger partial charge is 0.381 e. The molecule has 0 atom stereocenters. The van der Waals surface area contributed by atoms with Crippen molar-refractivity contribution in [3.8, 4) is 5.69 Å². The molecule has 0 saturated carbocycles. The van der Waals surface area contributed by atoms with E-state index in [-0.39, 0.29) is 5.92 Å². The van der Waals surface area contributed by atoms with Crippen LogP contribution >= 0.6 is 0 Å². The third kappa shape index (κ3) is 1.83. The molecule has 0 bridgehead atoms. The lowest BCUT2D eigenvalue weighted by Gasteiger charge is -2.11. The van der Waals surface area contributed by atoms with Gasteiger partial charge in [-0.15, -0.1) is 5.10 Å². The third-order valence-electron chi connectivity index (χ3n) is 3.13. The molecule has 3 rings (SSSR count). The number of nitrogens with zero attached hydrogens (tertiary/aromatic N) is 4. The summed E-state index contributed by atoms with van der Waals surface area (Å²) in [5, 5.41) is 9.20. The lowest BCUT2D eigenvalue weighted by molar-refractivity contribution is 0.719. The molecule has 3 aromatic rings. The van der Waals surface area contributed by atoms with E-state index in [4.69, 9.17) is 5.73 Å². The first-order chi connectivity index (χ1) is 9.18. The van der Waals surface area contributed by atoms with Gasteiger partial charge in [0.25, 0.3) is 0 Å². The molecule has 5 nitrogen and oxygen atoms in total. The highest BCUT2D eigenvalue weighted by Crippen LogP contribution is 2.26. The van der Waals surface area contributed by atoms with Crippen LogP contribution in [-0.2, 0) is 0 Å². The molecular weight excluding hydrogens is 238 g/mol. The summed E-state index contributed by atoms with van der Waals surface area (Å²) in [6, 6.07) is 9.89. The Hall–Kier alpha value is -2.43. The van der Waals surface area contributed by atoms with E-state index in [1.165, 1.54) is 0 Å². The highest BCUT2D eigenvalue weighted by atomic mass is 15.4. The molecule has 0 aliphatic carbocycles. The van der Waals surface area contributed by atoms with Gasteiger partial charge in [-0.1, -0.05) is 25.1 Å². The predicted molar refractivity (Wildman–Crippen MR) is 75.2 cm³/mol. The quantitative estimate of drug-likeness (QED) is 0.761. The minimum atomic E-state index is 0.252. The first-order valence-corrected chi connectivity index (χ1v) is 6.23. The fourth-order valence-electron chi connectivity index (χ4n) is 2.29. The summed E-state index contributed by atoms with van der Waals surface area (Å²) in [5.74, 6) is 0.734. The van der Waals surface area contributed by atoms with Gasteiger partial charge in [-0.3, -0.25) is 4.98 Å². The summed E-state index contributed by atoms with van der Waals surface area (Å²) in [6.07, 6.45) is 1.78. The van der Waals surface area contributed by atoms with Gasteiger partial charge in [-0.2, -0.15) is 0 Å². The van der Waals surface area contributed by atoms with Crippen molar-refractivity contribution in [2.75, 3.05) is 5.73 Å². The molecule has 0 saturated heterocycles. The van der Waals surface area contributed by atoms with Crippen molar-refractivity contribution in [2.24, 2.45) is 0 Å². The van der Waals surface area contributed by atoms with E-state index in [0.717, 1.165) is 22.3 Å². The van der Waals surface area contributed by atoms with Crippen LogP contribution < -0.4 is 5.73 Å². The Labute approximate surface area is 111 Å². The Morgan fingerprint density at radius 3 is 2.79 bits per heavy atom. The summed E-state index contributed by atoms with van der Waals surface area (Å²) in [5.41, 5.74) is 8.73. The van der Waals surface area contributed by atoms with Gasteiger partial charge in [0.15, 0.2) is 5.82 Å². The number of rotatable bonds is 2. The maximum atomic E-state index is 5.91. The Kier molecular flexibility index (Phi) is 2.67. The fourth-order valence-corrected chi connectivity index (χ4v) is 2.29. The van der Waals surface area contributed by atoms with Gasteiger partial charge in [0.1, 0.15) is 0 Å². The molecule has 2 heterocycles. The van der Waals surface area contributed by atoms with E-state index < -0.39 is 0 Å². The second-order valence-corrected chi connectivity index (χ2v) is 4.77. The monoisotopic (exact) mass is 253 g/mol. The maximum absolute atomic E-state index is 5.91. The molecule has 0 unspecified atom stereocenters.